The third-order valence-electron chi connectivity index (χ3n) is 2.42. The summed E-state index contributed by atoms with van der Waals surface area (Å²) in [5, 5.41) is 27.0. The molecule has 0 aromatic rings. The summed E-state index contributed by atoms with van der Waals surface area (Å²) < 4.78 is 0. The van der Waals surface area contributed by atoms with Crippen molar-refractivity contribution in [1.82, 2.24) is 4.90 Å². The largest absolute Gasteiger partial charge is 0.389 e. The van der Waals surface area contributed by atoms with E-state index in [1.54, 1.807) is 4.90 Å². The van der Waals surface area contributed by atoms with Crippen molar-refractivity contribution in [3.63, 3.8) is 0 Å². The molecule has 0 spiro atoms. The van der Waals surface area contributed by atoms with Gasteiger partial charge in [0, 0.05) is 6.54 Å². The molecule has 0 fully saturated rings. The quantitative estimate of drug-likeness (QED) is 0.639. The Morgan fingerprint density at radius 1 is 1.14 bits per heavy atom. The number of hydrogen-bond acceptors (Lipinski definition) is 4. The van der Waals surface area contributed by atoms with Crippen molar-refractivity contribution >= 4 is 0 Å². The predicted molar refractivity (Wildman–Crippen MR) is 53.2 cm³/mol. The molecule has 0 unspecified atom stereocenters. The first-order valence-corrected chi connectivity index (χ1v) is 4.80. The van der Waals surface area contributed by atoms with Crippen molar-refractivity contribution in [1.29, 1.82) is 10.5 Å². The molecule has 0 bridgehead atoms. The van der Waals surface area contributed by atoms with Crippen LogP contribution in [0.2, 0.25) is 0 Å². The third-order valence-corrected chi connectivity index (χ3v) is 2.42. The van der Waals surface area contributed by atoms with Crippen LogP contribution in [0.4, 0.5) is 0 Å². The minimum absolute atomic E-state index is 0.190. The fraction of sp³-hybridized carbons (Fsp3) is 0.800. The molecule has 0 radical (unpaired) electrons. The molecule has 0 heterocycles. The Morgan fingerprint density at radius 3 is 1.86 bits per heavy atom. The molecule has 0 rings (SSSR count). The van der Waals surface area contributed by atoms with Crippen LogP contribution in [0.1, 0.15) is 26.7 Å². The van der Waals surface area contributed by atoms with Gasteiger partial charge >= 0.3 is 0 Å². The molecule has 4 heteroatoms. The lowest BCUT2D eigenvalue weighted by Crippen LogP contribution is -2.42. The Labute approximate surface area is 85.4 Å². The van der Waals surface area contributed by atoms with E-state index in [1.807, 2.05) is 26.0 Å². The van der Waals surface area contributed by atoms with Gasteiger partial charge in [-0.05, 0) is 12.8 Å². The topological polar surface area (TPSA) is 71.0 Å². The van der Waals surface area contributed by atoms with E-state index in [0.717, 1.165) is 0 Å². The summed E-state index contributed by atoms with van der Waals surface area (Å²) >= 11 is 0. The molecule has 0 saturated heterocycles. The van der Waals surface area contributed by atoms with Crippen molar-refractivity contribution in [2.45, 2.75) is 32.3 Å². The Hall–Kier alpha value is -1.10. The molecule has 0 aliphatic carbocycles. The van der Waals surface area contributed by atoms with Crippen molar-refractivity contribution in [2.24, 2.45) is 0 Å². The van der Waals surface area contributed by atoms with E-state index in [0.29, 0.717) is 19.4 Å². The van der Waals surface area contributed by atoms with Crippen LogP contribution in [0.5, 0.6) is 0 Å². The van der Waals surface area contributed by atoms with Crippen molar-refractivity contribution in [2.75, 3.05) is 19.6 Å². The van der Waals surface area contributed by atoms with Gasteiger partial charge < -0.3 is 5.11 Å². The SMILES string of the molecule is CCC(O)(CC)CN(CC#N)CC#N. The van der Waals surface area contributed by atoms with Gasteiger partial charge in [-0.25, -0.2) is 0 Å². The molecule has 0 aliphatic rings. The molecular weight excluding hydrogens is 178 g/mol. The lowest BCUT2D eigenvalue weighted by atomic mass is 9.97. The fourth-order valence-electron chi connectivity index (χ4n) is 1.26. The second-order valence-corrected chi connectivity index (χ2v) is 3.39. The third kappa shape index (κ3) is 4.23. The molecule has 78 valence electrons. The molecule has 0 aliphatic heterocycles. The summed E-state index contributed by atoms with van der Waals surface area (Å²) in [6.45, 7) is 4.58. The van der Waals surface area contributed by atoms with E-state index < -0.39 is 5.60 Å². The summed E-state index contributed by atoms with van der Waals surface area (Å²) in [4.78, 5) is 1.66. The van der Waals surface area contributed by atoms with Crippen LogP contribution < -0.4 is 0 Å². The van der Waals surface area contributed by atoms with Crippen molar-refractivity contribution in [3.05, 3.63) is 0 Å². The molecule has 0 aromatic heterocycles. The Balaban J connectivity index is 4.28. The van der Waals surface area contributed by atoms with Crippen LogP contribution in [0, 0.1) is 22.7 Å². The average molecular weight is 195 g/mol. The second-order valence-electron chi connectivity index (χ2n) is 3.39. The van der Waals surface area contributed by atoms with Crippen LogP contribution in [-0.4, -0.2) is 35.2 Å². The Kier molecular flexibility index (Phi) is 5.87. The number of nitrogens with zero attached hydrogens (tertiary/aromatic N) is 3. The van der Waals surface area contributed by atoms with Crippen LogP contribution in [0.3, 0.4) is 0 Å². The molecular formula is C10H17N3O. The zero-order chi connectivity index (χ0) is 11.0. The lowest BCUT2D eigenvalue weighted by molar-refractivity contribution is 0.00289. The van der Waals surface area contributed by atoms with Gasteiger partial charge in [-0.2, -0.15) is 10.5 Å². The van der Waals surface area contributed by atoms with Gasteiger partial charge in [0.1, 0.15) is 0 Å². The fourth-order valence-corrected chi connectivity index (χ4v) is 1.26. The molecule has 1 N–H and O–H groups in total. The molecule has 0 atom stereocenters. The van der Waals surface area contributed by atoms with Gasteiger partial charge in [0.15, 0.2) is 0 Å². The molecule has 0 aromatic carbocycles. The monoisotopic (exact) mass is 195 g/mol. The van der Waals surface area contributed by atoms with E-state index in [1.165, 1.54) is 0 Å². The van der Waals surface area contributed by atoms with E-state index >= 15 is 0 Å². The predicted octanol–water partition coefficient (Wildman–Crippen LogP) is 0.887. The second kappa shape index (κ2) is 6.37. The van der Waals surface area contributed by atoms with Gasteiger partial charge in [-0.1, -0.05) is 13.8 Å². The highest BCUT2D eigenvalue weighted by Crippen LogP contribution is 2.15. The number of hydrogen-bond donors (Lipinski definition) is 1. The summed E-state index contributed by atoms with van der Waals surface area (Å²) in [6, 6.07) is 3.97. The first-order chi connectivity index (χ1) is 6.61. The highest BCUT2D eigenvalue weighted by atomic mass is 16.3. The maximum Gasteiger partial charge on any atom is 0.0875 e. The Bertz CT molecular complexity index is 219. The summed E-state index contributed by atoms with van der Waals surface area (Å²) in [5.74, 6) is 0. The smallest absolute Gasteiger partial charge is 0.0875 e. The van der Waals surface area contributed by atoms with Gasteiger partial charge in [0.05, 0.1) is 30.8 Å². The summed E-state index contributed by atoms with van der Waals surface area (Å²) in [6.07, 6.45) is 1.27. The van der Waals surface area contributed by atoms with Gasteiger partial charge in [-0.15, -0.1) is 0 Å². The van der Waals surface area contributed by atoms with Crippen LogP contribution in [0.25, 0.3) is 0 Å². The number of rotatable bonds is 6. The summed E-state index contributed by atoms with van der Waals surface area (Å²) in [7, 11) is 0. The van der Waals surface area contributed by atoms with Crippen LogP contribution in [-0.2, 0) is 0 Å². The number of aliphatic hydroxyl groups is 1. The highest BCUT2D eigenvalue weighted by molar-refractivity contribution is 4.88. The number of nitriles is 2. The first kappa shape index (κ1) is 12.9. The van der Waals surface area contributed by atoms with Gasteiger partial charge in [0.2, 0.25) is 0 Å². The minimum Gasteiger partial charge on any atom is -0.389 e. The average Bonchev–Trinajstić information content (AvgIpc) is 2.18. The maximum absolute atomic E-state index is 9.99. The first-order valence-electron chi connectivity index (χ1n) is 4.80. The standard InChI is InChI=1S/C10H17N3O/c1-3-10(14,4-2)9-13(7-5-11)8-6-12/h14H,3-4,7-9H2,1-2H3. The van der Waals surface area contributed by atoms with E-state index in [2.05, 4.69) is 0 Å². The normalized spacial score (nSPS) is 11.0. The molecule has 0 saturated carbocycles. The summed E-state index contributed by atoms with van der Waals surface area (Å²) in [5.41, 5.74) is -0.770. The van der Waals surface area contributed by atoms with E-state index in [-0.39, 0.29) is 13.1 Å². The van der Waals surface area contributed by atoms with Crippen molar-refractivity contribution in [3.8, 4) is 12.1 Å². The van der Waals surface area contributed by atoms with Crippen LogP contribution in [0.15, 0.2) is 0 Å². The zero-order valence-electron chi connectivity index (χ0n) is 8.82. The molecule has 0 amide bonds. The van der Waals surface area contributed by atoms with Crippen LogP contribution >= 0.6 is 0 Å². The van der Waals surface area contributed by atoms with E-state index in [4.69, 9.17) is 10.5 Å². The van der Waals surface area contributed by atoms with Gasteiger partial charge in [0.25, 0.3) is 0 Å². The Morgan fingerprint density at radius 2 is 1.57 bits per heavy atom. The molecule has 4 nitrogen and oxygen atoms in total. The molecule has 14 heavy (non-hydrogen) atoms. The van der Waals surface area contributed by atoms with Crippen molar-refractivity contribution < 1.29 is 5.11 Å². The zero-order valence-corrected chi connectivity index (χ0v) is 8.82. The van der Waals surface area contributed by atoms with E-state index in [9.17, 15) is 5.11 Å². The van der Waals surface area contributed by atoms with Gasteiger partial charge in [-0.3, -0.25) is 4.90 Å². The maximum atomic E-state index is 9.99. The highest BCUT2D eigenvalue weighted by Gasteiger charge is 2.25. The minimum atomic E-state index is -0.770. The lowest BCUT2D eigenvalue weighted by Gasteiger charge is -2.30.